The summed E-state index contributed by atoms with van der Waals surface area (Å²) in [6, 6.07) is 4.78. The molecule has 0 spiro atoms. The highest BCUT2D eigenvalue weighted by molar-refractivity contribution is 6.13. The summed E-state index contributed by atoms with van der Waals surface area (Å²) in [5.41, 5.74) is 3.30. The summed E-state index contributed by atoms with van der Waals surface area (Å²) in [5.74, 6) is -0.939. The van der Waals surface area contributed by atoms with Gasteiger partial charge in [0.25, 0.3) is 5.91 Å². The maximum Gasteiger partial charge on any atom is 0.258 e. The second-order valence-corrected chi connectivity index (χ2v) is 6.97. The summed E-state index contributed by atoms with van der Waals surface area (Å²) in [7, 11) is 0. The Morgan fingerprint density at radius 1 is 1.21 bits per heavy atom. The van der Waals surface area contributed by atoms with E-state index in [1.807, 2.05) is 6.07 Å². The number of nitrogens with zero attached hydrogens (tertiary/aromatic N) is 5. The van der Waals surface area contributed by atoms with Crippen molar-refractivity contribution in [3.05, 3.63) is 47.7 Å². The number of rotatable bonds is 3. The zero-order valence-corrected chi connectivity index (χ0v) is 15.6. The van der Waals surface area contributed by atoms with Gasteiger partial charge >= 0.3 is 0 Å². The van der Waals surface area contributed by atoms with Gasteiger partial charge in [-0.05, 0) is 29.4 Å². The number of aryl methyl sites for hydroxylation is 1. The van der Waals surface area contributed by atoms with Crippen LogP contribution in [-0.4, -0.2) is 51.8 Å². The van der Waals surface area contributed by atoms with Crippen molar-refractivity contribution < 1.29 is 13.8 Å². The Hall–Kier alpha value is -3.53. The molecule has 0 bridgehead atoms. The SMILES string of the molecule is Cc1cn2cc(NC(=O)c3ccc(N4CCNCC4)c4nonc34)cc(F)c2n1. The number of halogens is 1. The van der Waals surface area contributed by atoms with Crippen LogP contribution in [0.3, 0.4) is 0 Å². The van der Waals surface area contributed by atoms with Gasteiger partial charge in [-0.1, -0.05) is 0 Å². The van der Waals surface area contributed by atoms with Gasteiger partial charge in [-0.2, -0.15) is 0 Å². The molecule has 4 aromatic rings. The van der Waals surface area contributed by atoms with Gasteiger partial charge < -0.3 is 19.9 Å². The van der Waals surface area contributed by atoms with Crippen LogP contribution in [0.15, 0.2) is 35.2 Å². The van der Waals surface area contributed by atoms with Crippen molar-refractivity contribution in [2.75, 3.05) is 36.4 Å². The molecule has 1 fully saturated rings. The van der Waals surface area contributed by atoms with Crippen molar-refractivity contribution >= 4 is 34.0 Å². The minimum absolute atomic E-state index is 0.212. The maximum absolute atomic E-state index is 14.3. The third-order valence-corrected chi connectivity index (χ3v) is 4.98. The van der Waals surface area contributed by atoms with Crippen LogP contribution in [0.25, 0.3) is 16.7 Å². The highest BCUT2D eigenvalue weighted by Crippen LogP contribution is 2.28. The molecule has 1 aliphatic rings. The van der Waals surface area contributed by atoms with Gasteiger partial charge in [0, 0.05) is 44.6 Å². The summed E-state index contributed by atoms with van der Waals surface area (Å²) in [6.07, 6.45) is 3.31. The number of fused-ring (bicyclic) bond motifs is 2. The lowest BCUT2D eigenvalue weighted by Crippen LogP contribution is -2.43. The number of hydrogen-bond donors (Lipinski definition) is 2. The summed E-state index contributed by atoms with van der Waals surface area (Å²) >= 11 is 0. The third-order valence-electron chi connectivity index (χ3n) is 4.98. The summed E-state index contributed by atoms with van der Waals surface area (Å²) in [5, 5.41) is 14.0. The summed E-state index contributed by atoms with van der Waals surface area (Å²) in [6.45, 7) is 5.18. The fourth-order valence-corrected chi connectivity index (χ4v) is 3.64. The Labute approximate surface area is 164 Å². The number of pyridine rings is 1. The number of carbonyl (C=O) groups is 1. The number of anilines is 2. The number of piperazine rings is 1. The van der Waals surface area contributed by atoms with Crippen LogP contribution in [0, 0.1) is 12.7 Å². The van der Waals surface area contributed by atoms with Gasteiger partial charge in [0.15, 0.2) is 17.0 Å². The predicted octanol–water partition coefficient (Wildman–Crippen LogP) is 1.98. The van der Waals surface area contributed by atoms with Gasteiger partial charge in [0.05, 0.1) is 22.6 Å². The Morgan fingerprint density at radius 2 is 2.00 bits per heavy atom. The van der Waals surface area contributed by atoms with Gasteiger partial charge in [-0.25, -0.2) is 14.0 Å². The second-order valence-electron chi connectivity index (χ2n) is 6.97. The van der Waals surface area contributed by atoms with Crippen LogP contribution in [0.2, 0.25) is 0 Å². The van der Waals surface area contributed by atoms with Crippen LogP contribution in [0.4, 0.5) is 15.8 Å². The van der Waals surface area contributed by atoms with Crippen LogP contribution >= 0.6 is 0 Å². The first-order chi connectivity index (χ1) is 14.1. The van der Waals surface area contributed by atoms with E-state index in [4.69, 9.17) is 4.63 Å². The van der Waals surface area contributed by atoms with E-state index in [9.17, 15) is 9.18 Å². The average Bonchev–Trinajstić information content (AvgIpc) is 3.34. The van der Waals surface area contributed by atoms with Crippen molar-refractivity contribution in [1.82, 2.24) is 25.0 Å². The van der Waals surface area contributed by atoms with Crippen LogP contribution < -0.4 is 15.5 Å². The molecule has 148 valence electrons. The number of hydrogen-bond acceptors (Lipinski definition) is 7. The van der Waals surface area contributed by atoms with E-state index in [0.29, 0.717) is 28.0 Å². The normalized spacial score (nSPS) is 14.6. The van der Waals surface area contributed by atoms with E-state index in [1.54, 1.807) is 29.8 Å². The molecular weight excluding hydrogens is 377 g/mol. The van der Waals surface area contributed by atoms with Crippen molar-refractivity contribution in [2.24, 2.45) is 0 Å². The first-order valence-electron chi connectivity index (χ1n) is 9.27. The minimum atomic E-state index is -0.516. The highest BCUT2D eigenvalue weighted by atomic mass is 19.1. The van der Waals surface area contributed by atoms with E-state index in [1.165, 1.54) is 6.07 Å². The molecule has 1 aromatic carbocycles. The topological polar surface area (TPSA) is 101 Å². The molecule has 0 atom stereocenters. The molecule has 1 saturated heterocycles. The number of nitrogens with one attached hydrogen (secondary N) is 2. The Balaban J connectivity index is 1.48. The first-order valence-corrected chi connectivity index (χ1v) is 9.27. The fourth-order valence-electron chi connectivity index (χ4n) is 3.64. The van der Waals surface area contributed by atoms with Crippen molar-refractivity contribution in [3.63, 3.8) is 0 Å². The number of amides is 1. The largest absolute Gasteiger partial charge is 0.367 e. The van der Waals surface area contributed by atoms with E-state index in [-0.39, 0.29) is 5.65 Å². The summed E-state index contributed by atoms with van der Waals surface area (Å²) < 4.78 is 20.8. The third kappa shape index (κ3) is 3.07. The Bertz CT molecular complexity index is 1230. The van der Waals surface area contributed by atoms with Gasteiger partial charge in [0.2, 0.25) is 0 Å². The lowest BCUT2D eigenvalue weighted by molar-refractivity contribution is 0.102. The average molecular weight is 395 g/mol. The van der Waals surface area contributed by atoms with Gasteiger partial charge in [-0.15, -0.1) is 0 Å². The first kappa shape index (κ1) is 17.6. The molecule has 1 amide bonds. The zero-order valence-electron chi connectivity index (χ0n) is 15.6. The van der Waals surface area contributed by atoms with Crippen LogP contribution in [-0.2, 0) is 0 Å². The summed E-state index contributed by atoms with van der Waals surface area (Å²) in [4.78, 5) is 19.2. The molecule has 10 heteroatoms. The standard InChI is InChI=1S/C19H18FN7O2/c1-11-9-27-10-12(8-14(20)18(27)22-11)23-19(28)13-2-3-15(17-16(13)24-29-25-17)26-6-4-21-5-7-26/h2-3,8-10,21H,4-7H2,1H3,(H,23,28). The molecular formula is C19H18FN7O2. The lowest BCUT2D eigenvalue weighted by atomic mass is 10.1. The monoisotopic (exact) mass is 395 g/mol. The van der Waals surface area contributed by atoms with Crippen molar-refractivity contribution in [3.8, 4) is 0 Å². The van der Waals surface area contributed by atoms with Gasteiger partial charge in [-0.3, -0.25) is 4.79 Å². The molecule has 5 rings (SSSR count). The number of imidazole rings is 1. The maximum atomic E-state index is 14.3. The Morgan fingerprint density at radius 3 is 2.83 bits per heavy atom. The minimum Gasteiger partial charge on any atom is -0.367 e. The fraction of sp³-hybridized carbons (Fsp3) is 0.263. The van der Waals surface area contributed by atoms with E-state index < -0.39 is 11.7 Å². The zero-order chi connectivity index (χ0) is 20.0. The van der Waals surface area contributed by atoms with Crippen molar-refractivity contribution in [2.45, 2.75) is 6.92 Å². The molecule has 4 heterocycles. The quantitative estimate of drug-likeness (QED) is 0.547. The lowest BCUT2D eigenvalue weighted by Gasteiger charge is -2.29. The smallest absolute Gasteiger partial charge is 0.258 e. The second kappa shape index (κ2) is 6.82. The molecule has 2 N–H and O–H groups in total. The molecule has 0 aliphatic carbocycles. The molecule has 29 heavy (non-hydrogen) atoms. The number of aromatic nitrogens is 4. The number of carbonyl (C=O) groups excluding carboxylic acids is 1. The van der Waals surface area contributed by atoms with E-state index >= 15 is 0 Å². The molecule has 0 saturated carbocycles. The van der Waals surface area contributed by atoms with Crippen LogP contribution in [0.5, 0.6) is 0 Å². The van der Waals surface area contributed by atoms with E-state index in [0.717, 1.165) is 31.9 Å². The highest BCUT2D eigenvalue weighted by Gasteiger charge is 2.21. The molecule has 1 aliphatic heterocycles. The predicted molar refractivity (Wildman–Crippen MR) is 105 cm³/mol. The molecule has 9 nitrogen and oxygen atoms in total. The van der Waals surface area contributed by atoms with Gasteiger partial charge in [0.1, 0.15) is 5.52 Å². The molecule has 0 unspecified atom stereocenters. The number of benzene rings is 1. The van der Waals surface area contributed by atoms with E-state index in [2.05, 4.69) is 30.8 Å². The van der Waals surface area contributed by atoms with Crippen molar-refractivity contribution in [1.29, 1.82) is 0 Å². The Kier molecular flexibility index (Phi) is 4.13. The van der Waals surface area contributed by atoms with Crippen LogP contribution in [0.1, 0.15) is 16.1 Å². The molecule has 3 aromatic heterocycles. The molecule has 0 radical (unpaired) electrons.